The van der Waals surface area contributed by atoms with E-state index >= 15 is 0 Å². The van der Waals surface area contributed by atoms with Crippen molar-refractivity contribution in [3.05, 3.63) is 70.1 Å². The summed E-state index contributed by atoms with van der Waals surface area (Å²) in [7, 11) is 0. The van der Waals surface area contributed by atoms with Crippen molar-refractivity contribution in [1.29, 1.82) is 0 Å². The molecular weight excluding hydrogens is 491 g/mol. The van der Waals surface area contributed by atoms with E-state index < -0.39 is 0 Å². The second-order valence-electron chi connectivity index (χ2n) is 7.30. The number of piperidine rings is 1. The predicted octanol–water partition coefficient (Wildman–Crippen LogP) is 3.48. The van der Waals surface area contributed by atoms with Crippen molar-refractivity contribution in [3.63, 3.8) is 0 Å². The van der Waals surface area contributed by atoms with E-state index in [4.69, 9.17) is 9.73 Å². The number of halogens is 1. The number of hydrogen-bond donors (Lipinski definition) is 1. The molecule has 30 heavy (non-hydrogen) atoms. The molecule has 0 radical (unpaired) electrons. The van der Waals surface area contributed by atoms with Gasteiger partial charge in [-0.15, -0.1) is 24.0 Å². The van der Waals surface area contributed by atoms with E-state index in [1.54, 1.807) is 16.7 Å². The van der Waals surface area contributed by atoms with E-state index in [2.05, 4.69) is 48.3 Å². The van der Waals surface area contributed by atoms with Crippen LogP contribution >= 0.6 is 24.0 Å². The van der Waals surface area contributed by atoms with E-state index in [0.29, 0.717) is 19.2 Å². The summed E-state index contributed by atoms with van der Waals surface area (Å²) in [6, 6.07) is 13.6. The zero-order chi connectivity index (χ0) is 20.5. The molecule has 0 saturated carbocycles. The van der Waals surface area contributed by atoms with E-state index in [-0.39, 0.29) is 29.5 Å². The van der Waals surface area contributed by atoms with Crippen LogP contribution in [0.15, 0.2) is 58.4 Å². The van der Waals surface area contributed by atoms with Crippen molar-refractivity contribution in [2.75, 3.05) is 26.2 Å². The van der Waals surface area contributed by atoms with E-state index in [0.717, 1.165) is 56.2 Å². The molecule has 0 amide bonds. The van der Waals surface area contributed by atoms with Gasteiger partial charge in [0.2, 0.25) is 0 Å². The molecule has 1 fully saturated rings. The van der Waals surface area contributed by atoms with Crippen LogP contribution in [0.4, 0.5) is 0 Å². The predicted molar refractivity (Wildman–Crippen MR) is 133 cm³/mol. The Morgan fingerprint density at radius 1 is 1.10 bits per heavy atom. The molecule has 0 spiro atoms. The second-order valence-corrected chi connectivity index (χ2v) is 7.30. The maximum Gasteiger partial charge on any atom is 0.250 e. The Labute approximate surface area is 196 Å². The lowest BCUT2D eigenvalue weighted by Gasteiger charge is -2.34. The molecule has 0 unspecified atom stereocenters. The summed E-state index contributed by atoms with van der Waals surface area (Å²) in [6.45, 7) is 8.97. The maximum absolute atomic E-state index is 11.9. The standard InChI is InChI=1S/C23H32N4O2.HI/c1-3-24-23(26-15-12-21(13-16-26)29-4-2)25-17-19-8-10-20(11-9-19)18-27-14-6-5-7-22(27)28;/h5-11,14,21H,3-4,12-13,15-18H2,1-2H3,(H,24,25);1H. The lowest BCUT2D eigenvalue weighted by Crippen LogP contribution is -2.47. The van der Waals surface area contributed by atoms with Crippen molar-refractivity contribution in [1.82, 2.24) is 14.8 Å². The maximum atomic E-state index is 11.9. The first-order valence-electron chi connectivity index (χ1n) is 10.6. The van der Waals surface area contributed by atoms with Crippen LogP contribution in [0, 0.1) is 0 Å². The van der Waals surface area contributed by atoms with Gasteiger partial charge in [0.05, 0.1) is 19.2 Å². The SMILES string of the molecule is CCNC(=NCc1ccc(Cn2ccccc2=O)cc1)N1CCC(OCC)CC1.I. The summed E-state index contributed by atoms with van der Waals surface area (Å²) in [6.07, 6.45) is 4.29. The fourth-order valence-electron chi connectivity index (χ4n) is 3.60. The minimum Gasteiger partial charge on any atom is -0.378 e. The molecule has 6 nitrogen and oxygen atoms in total. The fourth-order valence-corrected chi connectivity index (χ4v) is 3.60. The minimum atomic E-state index is 0. The normalized spacial score (nSPS) is 15.0. The number of aliphatic imine (C=N–C) groups is 1. The minimum absolute atomic E-state index is 0. The third-order valence-corrected chi connectivity index (χ3v) is 5.17. The number of pyridine rings is 1. The molecule has 1 aliphatic heterocycles. The highest BCUT2D eigenvalue weighted by Gasteiger charge is 2.21. The third-order valence-electron chi connectivity index (χ3n) is 5.17. The van der Waals surface area contributed by atoms with Crippen LogP contribution in [-0.4, -0.2) is 47.8 Å². The first-order chi connectivity index (χ1) is 14.2. The molecule has 2 aromatic rings. The Morgan fingerprint density at radius 2 is 1.80 bits per heavy atom. The topological polar surface area (TPSA) is 58.9 Å². The van der Waals surface area contributed by atoms with Crippen molar-refractivity contribution < 1.29 is 4.74 Å². The Kier molecular flexibility index (Phi) is 10.4. The van der Waals surface area contributed by atoms with Crippen LogP contribution in [-0.2, 0) is 17.8 Å². The molecule has 2 heterocycles. The lowest BCUT2D eigenvalue weighted by molar-refractivity contribution is 0.0263. The summed E-state index contributed by atoms with van der Waals surface area (Å²) in [4.78, 5) is 19.0. The number of rotatable bonds is 7. The van der Waals surface area contributed by atoms with Gasteiger partial charge in [0.15, 0.2) is 5.96 Å². The molecule has 1 N–H and O–H groups in total. The number of hydrogen-bond acceptors (Lipinski definition) is 3. The van der Waals surface area contributed by atoms with Crippen LogP contribution in [0.1, 0.15) is 37.8 Å². The number of nitrogens with one attached hydrogen (secondary N) is 1. The summed E-state index contributed by atoms with van der Waals surface area (Å²) >= 11 is 0. The average Bonchev–Trinajstić information content (AvgIpc) is 2.75. The van der Waals surface area contributed by atoms with E-state index in [1.165, 1.54) is 0 Å². The van der Waals surface area contributed by atoms with Gasteiger partial charge in [-0.25, -0.2) is 4.99 Å². The van der Waals surface area contributed by atoms with Gasteiger partial charge in [0.25, 0.3) is 5.56 Å². The van der Waals surface area contributed by atoms with Gasteiger partial charge < -0.3 is 19.5 Å². The van der Waals surface area contributed by atoms with Gasteiger partial charge in [0.1, 0.15) is 0 Å². The zero-order valence-electron chi connectivity index (χ0n) is 17.9. The van der Waals surface area contributed by atoms with Crippen molar-refractivity contribution in [2.24, 2.45) is 4.99 Å². The van der Waals surface area contributed by atoms with Gasteiger partial charge in [0, 0.05) is 38.5 Å². The van der Waals surface area contributed by atoms with Crippen molar-refractivity contribution >= 4 is 29.9 Å². The number of aromatic nitrogens is 1. The Morgan fingerprint density at radius 3 is 2.43 bits per heavy atom. The van der Waals surface area contributed by atoms with Gasteiger partial charge >= 0.3 is 0 Å². The van der Waals surface area contributed by atoms with Crippen LogP contribution in [0.5, 0.6) is 0 Å². The molecule has 0 bridgehead atoms. The number of nitrogens with zero attached hydrogens (tertiary/aromatic N) is 3. The highest BCUT2D eigenvalue weighted by Crippen LogP contribution is 2.14. The average molecular weight is 524 g/mol. The smallest absolute Gasteiger partial charge is 0.250 e. The van der Waals surface area contributed by atoms with E-state index in [9.17, 15) is 4.79 Å². The van der Waals surface area contributed by atoms with Gasteiger partial charge in [-0.1, -0.05) is 30.3 Å². The third kappa shape index (κ3) is 7.12. The Hall–Kier alpha value is -1.87. The molecule has 1 saturated heterocycles. The molecule has 1 aromatic heterocycles. The van der Waals surface area contributed by atoms with Gasteiger partial charge in [-0.3, -0.25) is 4.79 Å². The molecule has 7 heteroatoms. The first kappa shape index (κ1) is 24.4. The summed E-state index contributed by atoms with van der Waals surface area (Å²) in [5.74, 6) is 0.974. The van der Waals surface area contributed by atoms with Crippen LogP contribution in [0.25, 0.3) is 0 Å². The van der Waals surface area contributed by atoms with Crippen molar-refractivity contribution in [2.45, 2.75) is 45.9 Å². The quantitative estimate of drug-likeness (QED) is 0.343. The highest BCUT2D eigenvalue weighted by atomic mass is 127. The molecule has 164 valence electrons. The van der Waals surface area contributed by atoms with Crippen LogP contribution in [0.3, 0.4) is 0 Å². The number of ether oxygens (including phenoxy) is 1. The number of likely N-dealkylation sites (tertiary alicyclic amines) is 1. The monoisotopic (exact) mass is 524 g/mol. The molecule has 0 atom stereocenters. The summed E-state index contributed by atoms with van der Waals surface area (Å²) in [5, 5.41) is 3.42. The molecule has 1 aliphatic rings. The Bertz CT molecular complexity index is 843. The van der Waals surface area contributed by atoms with Crippen LogP contribution < -0.4 is 10.9 Å². The molecule has 0 aliphatic carbocycles. The molecule has 1 aromatic carbocycles. The highest BCUT2D eigenvalue weighted by molar-refractivity contribution is 14.0. The summed E-state index contributed by atoms with van der Waals surface area (Å²) in [5.41, 5.74) is 2.29. The summed E-state index contributed by atoms with van der Waals surface area (Å²) < 4.78 is 7.46. The number of guanidine groups is 1. The van der Waals surface area contributed by atoms with Crippen molar-refractivity contribution in [3.8, 4) is 0 Å². The lowest BCUT2D eigenvalue weighted by atomic mass is 10.1. The van der Waals surface area contributed by atoms with E-state index in [1.807, 2.05) is 12.3 Å². The fraction of sp³-hybridized carbons (Fsp3) is 0.478. The largest absolute Gasteiger partial charge is 0.378 e. The van der Waals surface area contributed by atoms with Gasteiger partial charge in [-0.05, 0) is 43.9 Å². The first-order valence-corrected chi connectivity index (χ1v) is 10.6. The van der Waals surface area contributed by atoms with Crippen LogP contribution in [0.2, 0.25) is 0 Å². The Balaban J connectivity index is 0.00000320. The number of benzene rings is 1. The zero-order valence-corrected chi connectivity index (χ0v) is 20.2. The second kappa shape index (κ2) is 12.7. The molecule has 3 rings (SSSR count). The molecular formula is C23H33IN4O2. The van der Waals surface area contributed by atoms with Gasteiger partial charge in [-0.2, -0.15) is 0 Å².